The van der Waals surface area contributed by atoms with Gasteiger partial charge in [-0.3, -0.25) is 0 Å². The van der Waals surface area contributed by atoms with Gasteiger partial charge in [0, 0.05) is 27.2 Å². The summed E-state index contributed by atoms with van der Waals surface area (Å²) in [5, 5.41) is 3.97. The molecule has 2 aromatic heterocycles. The van der Waals surface area contributed by atoms with Gasteiger partial charge in [0.1, 0.15) is 10.3 Å². The van der Waals surface area contributed by atoms with E-state index in [1.165, 1.54) is 18.2 Å². The number of ether oxygens (including phenoxy) is 3. The normalized spacial score (nSPS) is 14.0. The van der Waals surface area contributed by atoms with Crippen molar-refractivity contribution in [1.82, 2.24) is 9.97 Å². The molecule has 174 valence electrons. The minimum Gasteiger partial charge on any atom is -0.465 e. The van der Waals surface area contributed by atoms with Crippen molar-refractivity contribution in [2.24, 2.45) is 0 Å². The Kier molecular flexibility index (Phi) is 6.73. The van der Waals surface area contributed by atoms with Gasteiger partial charge in [-0.25, -0.2) is 14.8 Å². The zero-order chi connectivity index (χ0) is 23.8. The first-order valence-electron chi connectivity index (χ1n) is 10.5. The molecule has 2 aromatic carbocycles. The molecule has 0 N–H and O–H groups in total. The highest BCUT2D eigenvalue weighted by Crippen LogP contribution is 2.33. The quantitative estimate of drug-likeness (QED) is 0.158. The Bertz CT molecular complexity index is 1440. The number of fused-ring (bicyclic) bond motifs is 6. The highest BCUT2D eigenvalue weighted by atomic mass is 79.9. The summed E-state index contributed by atoms with van der Waals surface area (Å²) >= 11 is 15.7. The SMILES string of the molecule is COC(=O)c1ccc2c3c(c(Cl)nc2c1)COC3.Clc1nc2cc(CBr)ccc2c2c1COC2. The molecule has 6 rings (SSSR count). The Morgan fingerprint density at radius 1 is 0.882 bits per heavy atom. The molecule has 0 saturated heterocycles. The van der Waals surface area contributed by atoms with Gasteiger partial charge in [0.05, 0.1) is 50.1 Å². The molecule has 6 nitrogen and oxygen atoms in total. The Morgan fingerprint density at radius 3 is 1.97 bits per heavy atom. The van der Waals surface area contributed by atoms with Crippen LogP contribution in [0.4, 0.5) is 0 Å². The van der Waals surface area contributed by atoms with Crippen molar-refractivity contribution in [1.29, 1.82) is 0 Å². The molecule has 0 aliphatic carbocycles. The lowest BCUT2D eigenvalue weighted by Crippen LogP contribution is -2.01. The third-order valence-electron chi connectivity index (χ3n) is 5.93. The topological polar surface area (TPSA) is 70.5 Å². The van der Waals surface area contributed by atoms with Crippen molar-refractivity contribution in [3.63, 3.8) is 0 Å². The van der Waals surface area contributed by atoms with E-state index in [0.717, 1.165) is 38.3 Å². The van der Waals surface area contributed by atoms with Crippen molar-refractivity contribution >= 4 is 66.9 Å². The van der Waals surface area contributed by atoms with E-state index in [9.17, 15) is 4.79 Å². The number of hydrogen-bond donors (Lipinski definition) is 0. The molecule has 0 unspecified atom stereocenters. The molecule has 0 spiro atoms. The molecule has 34 heavy (non-hydrogen) atoms. The van der Waals surface area contributed by atoms with Gasteiger partial charge in [-0.15, -0.1) is 0 Å². The van der Waals surface area contributed by atoms with Crippen LogP contribution in [0.15, 0.2) is 36.4 Å². The van der Waals surface area contributed by atoms with E-state index in [0.29, 0.717) is 47.8 Å². The molecule has 0 fully saturated rings. The van der Waals surface area contributed by atoms with Crippen molar-refractivity contribution in [2.45, 2.75) is 31.8 Å². The number of carbonyl (C=O) groups excluding carboxylic acids is 1. The number of rotatable bonds is 2. The second-order valence-corrected chi connectivity index (χ2v) is 9.19. The number of esters is 1. The van der Waals surface area contributed by atoms with Crippen LogP contribution in [0.3, 0.4) is 0 Å². The average molecular weight is 562 g/mol. The Balaban J connectivity index is 0.000000142. The maximum Gasteiger partial charge on any atom is 0.337 e. The fourth-order valence-electron chi connectivity index (χ4n) is 4.19. The van der Waals surface area contributed by atoms with Crippen LogP contribution in [0.1, 0.15) is 38.2 Å². The second-order valence-electron chi connectivity index (χ2n) is 7.91. The zero-order valence-electron chi connectivity index (χ0n) is 18.2. The van der Waals surface area contributed by atoms with E-state index in [4.69, 9.17) is 32.7 Å². The summed E-state index contributed by atoms with van der Waals surface area (Å²) in [7, 11) is 1.35. The first-order chi connectivity index (χ1) is 16.5. The lowest BCUT2D eigenvalue weighted by Gasteiger charge is -2.07. The van der Waals surface area contributed by atoms with Gasteiger partial charge in [-0.2, -0.15) is 0 Å². The third-order valence-corrected chi connectivity index (χ3v) is 7.21. The van der Waals surface area contributed by atoms with Gasteiger partial charge in [-0.1, -0.05) is 57.3 Å². The second kappa shape index (κ2) is 9.76. The first kappa shape index (κ1) is 23.5. The first-order valence-corrected chi connectivity index (χ1v) is 12.4. The maximum atomic E-state index is 11.5. The van der Waals surface area contributed by atoms with Crippen LogP contribution in [0.2, 0.25) is 10.3 Å². The van der Waals surface area contributed by atoms with Crippen LogP contribution in [0.5, 0.6) is 0 Å². The van der Waals surface area contributed by atoms with Crippen LogP contribution in [0.25, 0.3) is 21.8 Å². The van der Waals surface area contributed by atoms with Crippen molar-refractivity contribution in [3.8, 4) is 0 Å². The number of benzene rings is 2. The number of hydrogen-bond acceptors (Lipinski definition) is 6. The van der Waals surface area contributed by atoms with Gasteiger partial charge in [-0.05, 0) is 34.9 Å². The van der Waals surface area contributed by atoms with E-state index in [2.05, 4.69) is 48.8 Å². The number of aromatic nitrogens is 2. The van der Waals surface area contributed by atoms with E-state index < -0.39 is 0 Å². The monoisotopic (exact) mass is 560 g/mol. The summed E-state index contributed by atoms with van der Waals surface area (Å²) in [6.45, 7) is 2.25. The number of pyridine rings is 2. The summed E-state index contributed by atoms with van der Waals surface area (Å²) in [5.74, 6) is -0.383. The van der Waals surface area contributed by atoms with E-state index in [1.807, 2.05) is 6.07 Å². The molecule has 0 bridgehead atoms. The fourth-order valence-corrected chi connectivity index (χ4v) is 5.05. The summed E-state index contributed by atoms with van der Waals surface area (Å²) in [4.78, 5) is 20.2. The molecule has 0 radical (unpaired) electrons. The van der Waals surface area contributed by atoms with E-state index >= 15 is 0 Å². The standard InChI is InChI=1S/C13H10ClNO3.C12H9BrClNO/c1-17-13(16)7-2-3-8-9-5-18-6-10(9)12(14)15-11(8)4-7;13-4-7-1-2-8-9-5-16-6-10(9)12(14)15-11(8)3-7/h2-4H,5-6H2,1H3;1-3H,4-6H2. The smallest absolute Gasteiger partial charge is 0.337 e. The Morgan fingerprint density at radius 2 is 1.41 bits per heavy atom. The minimum absolute atomic E-state index is 0.383. The number of carbonyl (C=O) groups is 1. The summed E-state index contributed by atoms with van der Waals surface area (Å²) in [6.07, 6.45) is 0. The van der Waals surface area contributed by atoms with Gasteiger partial charge in [0.25, 0.3) is 0 Å². The van der Waals surface area contributed by atoms with Gasteiger partial charge in [0.15, 0.2) is 0 Å². The Hall–Kier alpha value is -2.29. The largest absolute Gasteiger partial charge is 0.465 e. The van der Waals surface area contributed by atoms with Crippen LogP contribution >= 0.6 is 39.1 Å². The minimum atomic E-state index is -0.383. The van der Waals surface area contributed by atoms with Crippen LogP contribution in [-0.4, -0.2) is 23.0 Å². The molecule has 4 heterocycles. The van der Waals surface area contributed by atoms with E-state index in [1.54, 1.807) is 12.1 Å². The summed E-state index contributed by atoms with van der Waals surface area (Å²) < 4.78 is 15.5. The molecule has 0 atom stereocenters. The van der Waals surface area contributed by atoms with Gasteiger partial charge >= 0.3 is 5.97 Å². The zero-order valence-corrected chi connectivity index (χ0v) is 21.3. The average Bonchev–Trinajstić information content (AvgIpc) is 3.54. The summed E-state index contributed by atoms with van der Waals surface area (Å²) in [6, 6.07) is 11.5. The molecule has 0 saturated carbocycles. The number of methoxy groups -OCH3 is 1. The van der Waals surface area contributed by atoms with Crippen molar-refractivity contribution in [2.75, 3.05) is 7.11 Å². The molecule has 2 aliphatic rings. The molecular formula is C25H19BrCl2N2O4. The molecule has 9 heteroatoms. The lowest BCUT2D eigenvalue weighted by atomic mass is 10.0. The van der Waals surface area contributed by atoms with Crippen LogP contribution in [0, 0.1) is 0 Å². The third kappa shape index (κ3) is 4.27. The van der Waals surface area contributed by atoms with Gasteiger partial charge in [0.2, 0.25) is 0 Å². The fraction of sp³-hybridized carbons (Fsp3) is 0.240. The van der Waals surface area contributed by atoms with Crippen molar-refractivity contribution in [3.05, 3.63) is 80.1 Å². The highest BCUT2D eigenvalue weighted by molar-refractivity contribution is 9.08. The number of halogens is 3. The molecular weight excluding hydrogens is 543 g/mol. The molecule has 2 aliphatic heterocycles. The van der Waals surface area contributed by atoms with Crippen LogP contribution in [-0.2, 0) is 46.0 Å². The predicted octanol–water partition coefficient (Wildman–Crippen LogP) is 6.52. The maximum absolute atomic E-state index is 11.5. The molecule has 0 amide bonds. The van der Waals surface area contributed by atoms with Crippen LogP contribution < -0.4 is 0 Å². The van der Waals surface area contributed by atoms with E-state index in [-0.39, 0.29) is 5.97 Å². The van der Waals surface area contributed by atoms with Gasteiger partial charge < -0.3 is 14.2 Å². The lowest BCUT2D eigenvalue weighted by molar-refractivity contribution is 0.0601. The molecule has 4 aromatic rings. The number of alkyl halides is 1. The summed E-state index contributed by atoms with van der Waals surface area (Å²) in [5.41, 5.74) is 7.54. The van der Waals surface area contributed by atoms with Crippen molar-refractivity contribution < 1.29 is 19.0 Å². The highest BCUT2D eigenvalue weighted by Gasteiger charge is 2.21. The number of nitrogens with zero attached hydrogens (tertiary/aromatic N) is 2. The predicted molar refractivity (Wildman–Crippen MR) is 134 cm³/mol. The Labute approximate surface area is 214 Å².